The van der Waals surface area contributed by atoms with Crippen LogP contribution in [0.3, 0.4) is 0 Å². The highest BCUT2D eigenvalue weighted by molar-refractivity contribution is 4.78. The van der Waals surface area contributed by atoms with Gasteiger partial charge in [-0.15, -0.1) is 0 Å². The van der Waals surface area contributed by atoms with Crippen molar-refractivity contribution in [2.75, 3.05) is 13.2 Å². The summed E-state index contributed by atoms with van der Waals surface area (Å²) in [7, 11) is 0. The third kappa shape index (κ3) is 10.2. The first-order chi connectivity index (χ1) is 6.41. The van der Waals surface area contributed by atoms with Crippen LogP contribution in [0.25, 0.3) is 0 Å². The van der Waals surface area contributed by atoms with E-state index < -0.39 is 0 Å². The van der Waals surface area contributed by atoms with Gasteiger partial charge in [0.25, 0.3) is 0 Å². The van der Waals surface area contributed by atoms with Crippen LogP contribution in [-0.4, -0.2) is 24.3 Å². The molecule has 0 saturated carbocycles. The van der Waals surface area contributed by atoms with E-state index in [2.05, 4.69) is 60.7 Å². The van der Waals surface area contributed by atoms with Gasteiger partial charge in [-0.05, 0) is 41.5 Å². The highest BCUT2D eigenvalue weighted by Crippen LogP contribution is 2.19. The van der Waals surface area contributed by atoms with E-state index in [0.29, 0.717) is 0 Å². The molecular formula is C13H29NO. The van der Waals surface area contributed by atoms with Crippen molar-refractivity contribution in [3.8, 4) is 0 Å². The molecule has 0 fully saturated rings. The number of hydrogen-bond donors (Lipinski definition) is 1. The molecule has 0 aromatic heterocycles. The molecule has 0 atom stereocenters. The summed E-state index contributed by atoms with van der Waals surface area (Å²) < 4.78 is 5.82. The molecule has 0 aliphatic carbocycles. The van der Waals surface area contributed by atoms with Crippen LogP contribution in [0.2, 0.25) is 0 Å². The molecule has 0 heterocycles. The Labute approximate surface area is 95.8 Å². The summed E-state index contributed by atoms with van der Waals surface area (Å²) in [5.41, 5.74) is 0.318. The zero-order valence-electron chi connectivity index (χ0n) is 11.8. The quantitative estimate of drug-likeness (QED) is 0.777. The van der Waals surface area contributed by atoms with Crippen LogP contribution in [0, 0.1) is 5.41 Å². The molecule has 0 aromatic rings. The number of rotatable bonds is 4. The molecule has 0 radical (unpaired) electrons. The second kappa shape index (κ2) is 4.84. The summed E-state index contributed by atoms with van der Waals surface area (Å²) >= 11 is 0. The van der Waals surface area contributed by atoms with Gasteiger partial charge >= 0.3 is 0 Å². The third-order valence-corrected chi connectivity index (χ3v) is 1.99. The zero-order valence-corrected chi connectivity index (χ0v) is 11.8. The Morgan fingerprint density at radius 3 is 1.67 bits per heavy atom. The summed E-state index contributed by atoms with van der Waals surface area (Å²) in [6, 6.07) is 0. The van der Waals surface area contributed by atoms with Crippen molar-refractivity contribution in [2.24, 2.45) is 5.41 Å². The van der Waals surface area contributed by atoms with Crippen LogP contribution in [0.15, 0.2) is 0 Å². The Kier molecular flexibility index (Phi) is 4.81. The lowest BCUT2D eigenvalue weighted by Gasteiger charge is -2.33. The summed E-state index contributed by atoms with van der Waals surface area (Å²) in [6.45, 7) is 19.1. The third-order valence-electron chi connectivity index (χ3n) is 1.99. The normalized spacial score (nSPS) is 14.4. The average Bonchev–Trinajstić information content (AvgIpc) is 1.96. The second-order valence-corrected chi connectivity index (χ2v) is 7.17. The number of hydrogen-bond acceptors (Lipinski definition) is 2. The van der Waals surface area contributed by atoms with Crippen molar-refractivity contribution in [1.82, 2.24) is 5.32 Å². The van der Waals surface area contributed by atoms with Crippen LogP contribution in [0.1, 0.15) is 55.4 Å². The van der Waals surface area contributed by atoms with E-state index in [0.717, 1.165) is 13.2 Å². The van der Waals surface area contributed by atoms with E-state index in [9.17, 15) is 0 Å². The maximum atomic E-state index is 5.82. The maximum Gasteiger partial charge on any atom is 0.0598 e. The van der Waals surface area contributed by atoms with Crippen molar-refractivity contribution in [3.63, 3.8) is 0 Å². The fourth-order valence-electron chi connectivity index (χ4n) is 0.967. The first-order valence-corrected chi connectivity index (χ1v) is 5.80. The SMILES string of the molecule is CC(C)(CNC(C)(C)C)COC(C)(C)C. The molecule has 0 amide bonds. The molecule has 2 heteroatoms. The Morgan fingerprint density at radius 2 is 1.33 bits per heavy atom. The fourth-order valence-corrected chi connectivity index (χ4v) is 0.967. The van der Waals surface area contributed by atoms with E-state index >= 15 is 0 Å². The van der Waals surface area contributed by atoms with Gasteiger partial charge in [0.2, 0.25) is 0 Å². The van der Waals surface area contributed by atoms with Crippen LogP contribution < -0.4 is 5.32 Å². The van der Waals surface area contributed by atoms with Gasteiger partial charge in [-0.1, -0.05) is 13.8 Å². The highest BCUT2D eigenvalue weighted by Gasteiger charge is 2.23. The molecule has 0 aliphatic heterocycles. The topological polar surface area (TPSA) is 21.3 Å². The van der Waals surface area contributed by atoms with Crippen LogP contribution in [0.5, 0.6) is 0 Å². The van der Waals surface area contributed by atoms with Crippen molar-refractivity contribution in [3.05, 3.63) is 0 Å². The largest absolute Gasteiger partial charge is 0.375 e. The lowest BCUT2D eigenvalue weighted by molar-refractivity contribution is -0.0434. The Bertz CT molecular complexity index is 164. The van der Waals surface area contributed by atoms with Gasteiger partial charge in [0, 0.05) is 17.5 Å². The van der Waals surface area contributed by atoms with Crippen molar-refractivity contribution >= 4 is 0 Å². The van der Waals surface area contributed by atoms with E-state index in [-0.39, 0.29) is 16.6 Å². The molecule has 0 aromatic carbocycles. The smallest absolute Gasteiger partial charge is 0.0598 e. The Morgan fingerprint density at radius 1 is 0.867 bits per heavy atom. The van der Waals surface area contributed by atoms with Gasteiger partial charge in [-0.25, -0.2) is 0 Å². The van der Waals surface area contributed by atoms with Crippen molar-refractivity contribution < 1.29 is 4.74 Å². The molecule has 0 aliphatic rings. The lowest BCUT2D eigenvalue weighted by atomic mass is 9.93. The fraction of sp³-hybridized carbons (Fsp3) is 1.00. The summed E-state index contributed by atoms with van der Waals surface area (Å²) in [5.74, 6) is 0. The first kappa shape index (κ1) is 14.9. The van der Waals surface area contributed by atoms with Gasteiger partial charge in [0.15, 0.2) is 0 Å². The standard InChI is InChI=1S/C13H29NO/c1-11(2,3)14-9-13(7,8)10-15-12(4,5)6/h14H,9-10H2,1-8H3. The predicted molar refractivity (Wildman–Crippen MR) is 67.2 cm³/mol. The summed E-state index contributed by atoms with van der Waals surface area (Å²) in [4.78, 5) is 0. The van der Waals surface area contributed by atoms with Crippen molar-refractivity contribution in [1.29, 1.82) is 0 Å². The van der Waals surface area contributed by atoms with Crippen molar-refractivity contribution in [2.45, 2.75) is 66.5 Å². The van der Waals surface area contributed by atoms with E-state index in [1.807, 2.05) is 0 Å². The minimum atomic E-state index is -0.0427. The van der Waals surface area contributed by atoms with E-state index in [1.165, 1.54) is 0 Å². The highest BCUT2D eigenvalue weighted by atomic mass is 16.5. The van der Waals surface area contributed by atoms with Gasteiger partial charge in [0.05, 0.1) is 12.2 Å². The summed E-state index contributed by atoms with van der Waals surface area (Å²) in [5, 5.41) is 3.52. The van der Waals surface area contributed by atoms with Crippen LogP contribution >= 0.6 is 0 Å². The maximum absolute atomic E-state index is 5.82. The minimum Gasteiger partial charge on any atom is -0.375 e. The monoisotopic (exact) mass is 215 g/mol. The Balaban J connectivity index is 3.98. The lowest BCUT2D eigenvalue weighted by Crippen LogP contribution is -2.44. The molecule has 1 N–H and O–H groups in total. The second-order valence-electron chi connectivity index (χ2n) is 7.17. The summed E-state index contributed by atoms with van der Waals surface area (Å²) in [6.07, 6.45) is 0. The molecule has 0 spiro atoms. The van der Waals surface area contributed by atoms with Gasteiger partial charge in [0.1, 0.15) is 0 Å². The van der Waals surface area contributed by atoms with Crippen LogP contribution in [-0.2, 0) is 4.74 Å². The van der Waals surface area contributed by atoms with Gasteiger partial charge in [-0.2, -0.15) is 0 Å². The molecule has 0 saturated heterocycles. The van der Waals surface area contributed by atoms with Crippen LogP contribution in [0.4, 0.5) is 0 Å². The minimum absolute atomic E-state index is 0.0427. The number of ether oxygens (including phenoxy) is 1. The zero-order chi connectivity index (χ0) is 12.3. The van der Waals surface area contributed by atoms with Gasteiger partial charge in [-0.3, -0.25) is 0 Å². The number of nitrogens with one attached hydrogen (secondary N) is 1. The molecule has 15 heavy (non-hydrogen) atoms. The average molecular weight is 215 g/mol. The molecule has 0 bridgehead atoms. The molecular weight excluding hydrogens is 186 g/mol. The first-order valence-electron chi connectivity index (χ1n) is 5.80. The van der Waals surface area contributed by atoms with E-state index in [4.69, 9.17) is 4.74 Å². The molecule has 92 valence electrons. The molecule has 0 unspecified atom stereocenters. The molecule has 0 rings (SSSR count). The molecule has 2 nitrogen and oxygen atoms in total. The predicted octanol–water partition coefficient (Wildman–Crippen LogP) is 3.22. The van der Waals surface area contributed by atoms with E-state index in [1.54, 1.807) is 0 Å². The Hall–Kier alpha value is -0.0800. The van der Waals surface area contributed by atoms with Gasteiger partial charge < -0.3 is 10.1 Å².